The Hall–Kier alpha value is -3.11. The van der Waals surface area contributed by atoms with Gasteiger partial charge >= 0.3 is 0 Å². The zero-order chi connectivity index (χ0) is 35.4. The lowest BCUT2D eigenvalue weighted by molar-refractivity contribution is 0.0561. The molecular weight excluding hydrogens is 589 g/mol. The lowest BCUT2D eigenvalue weighted by Gasteiger charge is -2.28. The third-order valence-electron chi connectivity index (χ3n) is 6.54. The van der Waals surface area contributed by atoms with Crippen molar-refractivity contribution in [3.8, 4) is 0 Å². The van der Waals surface area contributed by atoms with Gasteiger partial charge in [-0.05, 0) is 80.3 Å². The molecule has 1 saturated carbocycles. The van der Waals surface area contributed by atoms with Gasteiger partial charge in [-0.1, -0.05) is 128 Å². The summed E-state index contributed by atoms with van der Waals surface area (Å²) in [5.41, 5.74) is 1.17. The molecule has 1 N–H and O–H groups in total. The van der Waals surface area contributed by atoms with Gasteiger partial charge in [-0.25, -0.2) is 8.78 Å². The SMILES string of the molecule is C=C.C=C1CC(C)CC(CCCNC(=C)C(C)(F)F)C1.CC.CC.CCC.c1ccc([S+](c2ccccc2)c2ccccc2)cc1. The molecule has 0 radical (unpaired) electrons. The van der Waals surface area contributed by atoms with Gasteiger partial charge in [0.1, 0.15) is 0 Å². The van der Waals surface area contributed by atoms with Gasteiger partial charge in [0, 0.05) is 13.5 Å². The van der Waals surface area contributed by atoms with Crippen molar-refractivity contribution >= 4 is 10.9 Å². The zero-order valence-corrected chi connectivity index (χ0v) is 31.1. The van der Waals surface area contributed by atoms with E-state index in [1.807, 2.05) is 27.7 Å². The minimum Gasteiger partial charge on any atom is -0.384 e. The van der Waals surface area contributed by atoms with Crippen molar-refractivity contribution in [2.75, 3.05) is 6.54 Å². The minimum absolute atomic E-state index is 0.0146. The van der Waals surface area contributed by atoms with E-state index in [2.05, 4.69) is 143 Å². The van der Waals surface area contributed by atoms with Crippen LogP contribution in [0.4, 0.5) is 8.78 Å². The molecular formula is C42H64F2NS+. The van der Waals surface area contributed by atoms with Gasteiger partial charge in [-0.15, -0.1) is 13.2 Å². The molecule has 0 aromatic heterocycles. The van der Waals surface area contributed by atoms with Gasteiger partial charge in [-0.3, -0.25) is 0 Å². The largest absolute Gasteiger partial charge is 0.384 e. The lowest BCUT2D eigenvalue weighted by atomic mass is 9.78. The molecule has 4 rings (SSSR count). The summed E-state index contributed by atoms with van der Waals surface area (Å²) in [6.45, 7) is 29.4. The fourth-order valence-electron chi connectivity index (χ4n) is 4.80. The third kappa shape index (κ3) is 19.4. The quantitative estimate of drug-likeness (QED) is 0.138. The average molecular weight is 653 g/mol. The van der Waals surface area contributed by atoms with E-state index in [9.17, 15) is 8.78 Å². The molecule has 0 bridgehead atoms. The van der Waals surface area contributed by atoms with E-state index >= 15 is 0 Å². The van der Waals surface area contributed by atoms with Crippen molar-refractivity contribution in [3.05, 3.63) is 129 Å². The van der Waals surface area contributed by atoms with Crippen molar-refractivity contribution in [2.45, 2.75) is 115 Å². The van der Waals surface area contributed by atoms with Gasteiger partial charge in [-0.2, -0.15) is 0 Å². The van der Waals surface area contributed by atoms with E-state index in [1.54, 1.807) is 0 Å². The second-order valence-electron chi connectivity index (χ2n) is 10.8. The fourth-order valence-corrected chi connectivity index (χ4v) is 6.91. The second kappa shape index (κ2) is 28.1. The molecule has 1 nitrogen and oxygen atoms in total. The Labute approximate surface area is 285 Å². The summed E-state index contributed by atoms with van der Waals surface area (Å²) in [4.78, 5) is 4.08. The number of nitrogens with one attached hydrogen (secondary N) is 1. The van der Waals surface area contributed by atoms with Crippen molar-refractivity contribution < 1.29 is 8.78 Å². The Morgan fingerprint density at radius 1 is 0.783 bits per heavy atom. The number of alkyl halides is 2. The summed E-state index contributed by atoms with van der Waals surface area (Å²) >= 11 is 0. The molecule has 0 amide bonds. The molecule has 46 heavy (non-hydrogen) atoms. The molecule has 4 heteroatoms. The molecule has 3 aromatic rings. The molecule has 0 aliphatic heterocycles. The predicted octanol–water partition coefficient (Wildman–Crippen LogP) is 13.6. The highest BCUT2D eigenvalue weighted by molar-refractivity contribution is 7.97. The van der Waals surface area contributed by atoms with Crippen LogP contribution in [0.3, 0.4) is 0 Å². The van der Waals surface area contributed by atoms with Crippen LogP contribution in [0, 0.1) is 11.8 Å². The van der Waals surface area contributed by atoms with Gasteiger partial charge in [0.15, 0.2) is 14.7 Å². The molecule has 2 atom stereocenters. The van der Waals surface area contributed by atoms with E-state index in [0.717, 1.165) is 38.5 Å². The number of hydrogen-bond donors (Lipinski definition) is 1. The van der Waals surface area contributed by atoms with Crippen molar-refractivity contribution in [1.29, 1.82) is 0 Å². The Morgan fingerprint density at radius 3 is 1.48 bits per heavy atom. The molecule has 1 fully saturated rings. The summed E-state index contributed by atoms with van der Waals surface area (Å²) in [6, 6.07) is 32.2. The van der Waals surface area contributed by atoms with Crippen LogP contribution < -0.4 is 5.32 Å². The zero-order valence-electron chi connectivity index (χ0n) is 30.3. The molecule has 1 aliphatic carbocycles. The summed E-state index contributed by atoms with van der Waals surface area (Å²) in [7, 11) is -0.0146. The molecule has 0 saturated heterocycles. The maximum Gasteiger partial charge on any atom is 0.283 e. The first-order valence-corrected chi connectivity index (χ1v) is 18.2. The topological polar surface area (TPSA) is 12.0 Å². The lowest BCUT2D eigenvalue weighted by Crippen LogP contribution is -2.27. The van der Waals surface area contributed by atoms with Crippen molar-refractivity contribution in [2.24, 2.45) is 11.8 Å². The maximum absolute atomic E-state index is 12.8. The molecule has 1 aliphatic rings. The van der Waals surface area contributed by atoms with E-state index in [4.69, 9.17) is 0 Å². The highest BCUT2D eigenvalue weighted by Gasteiger charge is 2.28. The first kappa shape index (κ1) is 45.0. The number of benzene rings is 3. The summed E-state index contributed by atoms with van der Waals surface area (Å²) in [5.74, 6) is -1.43. The predicted molar refractivity (Wildman–Crippen MR) is 204 cm³/mol. The number of halogens is 2. The van der Waals surface area contributed by atoms with Crippen LogP contribution in [0.5, 0.6) is 0 Å². The Kier molecular flexibility index (Phi) is 27.5. The van der Waals surface area contributed by atoms with Gasteiger partial charge < -0.3 is 5.32 Å². The van der Waals surface area contributed by atoms with Crippen LogP contribution in [0.15, 0.2) is 143 Å². The maximum atomic E-state index is 12.8. The molecule has 3 aromatic carbocycles. The van der Waals surface area contributed by atoms with E-state index < -0.39 is 5.92 Å². The molecule has 0 spiro atoms. The highest BCUT2D eigenvalue weighted by atomic mass is 32.2. The Balaban J connectivity index is 0. The van der Waals surface area contributed by atoms with E-state index in [1.165, 1.54) is 33.1 Å². The van der Waals surface area contributed by atoms with Gasteiger partial charge in [0.2, 0.25) is 0 Å². The molecule has 2 unspecified atom stereocenters. The van der Waals surface area contributed by atoms with Crippen LogP contribution in [-0.2, 0) is 10.9 Å². The number of allylic oxidation sites excluding steroid dienone is 2. The van der Waals surface area contributed by atoms with Crippen LogP contribution in [0.25, 0.3) is 0 Å². The first-order chi connectivity index (χ1) is 22.2. The Morgan fingerprint density at radius 2 is 1.15 bits per heavy atom. The normalized spacial score (nSPS) is 14.9. The summed E-state index contributed by atoms with van der Waals surface area (Å²) < 4.78 is 25.7. The fraction of sp³-hybridized carbons (Fsp3) is 0.429. The second-order valence-corrected chi connectivity index (χ2v) is 12.8. The minimum atomic E-state index is -2.83. The van der Waals surface area contributed by atoms with Gasteiger partial charge in [0.05, 0.1) is 16.6 Å². The number of rotatable bonds is 9. The standard InChI is InChI=1S/C18H15S.C15H25F2N.C3H8.2C2H6.C2H4/c1-4-10-16(11-5-1)19(17-12-6-2-7-13-17)18-14-8-3-9-15-18;1-11-8-12(2)10-14(9-11)6-5-7-18-13(3)15(4,16)17;1-3-2;3*1-2/h1-15H;12,14,18H,1,3,5-10H2,2,4H3;3H2,1-2H3;2*1-2H3;1-2H2/q+1;;;;;. The van der Waals surface area contributed by atoms with Gasteiger partial charge in [0.25, 0.3) is 5.92 Å². The van der Waals surface area contributed by atoms with E-state index in [0.29, 0.717) is 12.5 Å². The van der Waals surface area contributed by atoms with Crippen LogP contribution in [-0.4, -0.2) is 12.5 Å². The monoisotopic (exact) mass is 652 g/mol. The summed E-state index contributed by atoms with van der Waals surface area (Å²) in [6.07, 6.45) is 6.74. The average Bonchev–Trinajstić information content (AvgIpc) is 3.07. The summed E-state index contributed by atoms with van der Waals surface area (Å²) in [5, 5.41) is 2.72. The van der Waals surface area contributed by atoms with Crippen LogP contribution >= 0.6 is 0 Å². The van der Waals surface area contributed by atoms with Crippen LogP contribution in [0.2, 0.25) is 0 Å². The van der Waals surface area contributed by atoms with Crippen molar-refractivity contribution in [3.63, 3.8) is 0 Å². The molecule has 256 valence electrons. The molecule has 0 heterocycles. The highest BCUT2D eigenvalue weighted by Crippen LogP contribution is 2.34. The van der Waals surface area contributed by atoms with Crippen LogP contribution in [0.1, 0.15) is 93.9 Å². The van der Waals surface area contributed by atoms with E-state index in [-0.39, 0.29) is 16.6 Å². The smallest absolute Gasteiger partial charge is 0.283 e. The first-order valence-electron chi connectivity index (χ1n) is 17.0. The van der Waals surface area contributed by atoms with Crippen molar-refractivity contribution in [1.82, 2.24) is 5.32 Å². The third-order valence-corrected chi connectivity index (χ3v) is 8.78. The number of hydrogen-bond acceptors (Lipinski definition) is 1. The Bertz CT molecular complexity index is 1030.